The lowest BCUT2D eigenvalue weighted by Gasteiger charge is -2.06. The Bertz CT molecular complexity index is 705. The van der Waals surface area contributed by atoms with Gasteiger partial charge >= 0.3 is 6.16 Å². The maximum atomic E-state index is 12.5. The van der Waals surface area contributed by atoms with E-state index in [1.807, 2.05) is 0 Å². The van der Waals surface area contributed by atoms with Crippen LogP contribution in [0.3, 0.4) is 0 Å². The highest BCUT2D eigenvalue weighted by Gasteiger charge is 2.22. The third-order valence-corrected chi connectivity index (χ3v) is 3.05. The molecule has 0 unspecified atom stereocenters. The molecule has 0 aliphatic carbocycles. The molecule has 0 fully saturated rings. The van der Waals surface area contributed by atoms with Crippen LogP contribution in [0.2, 0.25) is 0 Å². The summed E-state index contributed by atoms with van der Waals surface area (Å²) >= 11 is 0. The van der Waals surface area contributed by atoms with Gasteiger partial charge in [0.2, 0.25) is 0 Å². The molecule has 0 saturated carbocycles. The van der Waals surface area contributed by atoms with E-state index in [-0.39, 0.29) is 18.1 Å². The van der Waals surface area contributed by atoms with Crippen LogP contribution in [-0.4, -0.2) is 17.0 Å². The van der Waals surface area contributed by atoms with Crippen LogP contribution in [0.1, 0.15) is 21.5 Å². The number of rotatable bonds is 1. The predicted molar refractivity (Wildman–Crippen MR) is 69.3 cm³/mol. The molecule has 100 valence electrons. The first-order valence-corrected chi connectivity index (χ1v) is 5.95. The highest BCUT2D eigenvalue weighted by atomic mass is 16.7. The Kier molecular flexibility index (Phi) is 2.87. The van der Waals surface area contributed by atoms with Crippen molar-refractivity contribution in [1.29, 1.82) is 0 Å². The van der Waals surface area contributed by atoms with Gasteiger partial charge in [0.25, 0.3) is 0 Å². The maximum absolute atomic E-state index is 12.5. The number of carbonyl (C=O) groups excluding carboxylic acids is 1. The second-order valence-electron chi connectivity index (χ2n) is 4.30. The summed E-state index contributed by atoms with van der Waals surface area (Å²) in [7, 11) is 0. The van der Waals surface area contributed by atoms with Gasteiger partial charge in [-0.1, -0.05) is 18.2 Å². The second kappa shape index (κ2) is 4.70. The molecule has 5 heteroatoms. The van der Waals surface area contributed by atoms with Gasteiger partial charge in [0.15, 0.2) is 5.78 Å². The summed E-state index contributed by atoms with van der Waals surface area (Å²) in [6, 6.07) is 11.5. The first-order chi connectivity index (χ1) is 9.65. The zero-order chi connectivity index (χ0) is 14.1. The van der Waals surface area contributed by atoms with Crippen molar-refractivity contribution < 1.29 is 24.2 Å². The van der Waals surface area contributed by atoms with Crippen LogP contribution in [0.4, 0.5) is 4.79 Å². The highest BCUT2D eigenvalue weighted by Crippen LogP contribution is 2.30. The Morgan fingerprint density at radius 2 is 1.95 bits per heavy atom. The molecule has 1 aliphatic rings. The van der Waals surface area contributed by atoms with Gasteiger partial charge in [0.05, 0.1) is 5.56 Å². The minimum Gasteiger partial charge on any atom is -0.488 e. The SMILES string of the molecule is O=C(O)Oc1ccc2c(c1)C(=O)c1ccccc1OC2. The number of hydrogen-bond acceptors (Lipinski definition) is 4. The molecule has 1 N–H and O–H groups in total. The van der Waals surface area contributed by atoms with E-state index in [1.165, 1.54) is 12.1 Å². The largest absolute Gasteiger partial charge is 0.511 e. The first kappa shape index (κ1) is 12.2. The zero-order valence-corrected chi connectivity index (χ0v) is 10.3. The van der Waals surface area contributed by atoms with Crippen molar-refractivity contribution in [3.8, 4) is 11.5 Å². The quantitative estimate of drug-likeness (QED) is 0.637. The average Bonchev–Trinajstić information content (AvgIpc) is 2.57. The van der Waals surface area contributed by atoms with E-state index in [2.05, 4.69) is 4.74 Å². The smallest absolute Gasteiger partial charge is 0.488 e. The standard InChI is InChI=1S/C15H10O5/c16-14-11-3-1-2-4-13(11)19-8-9-5-6-10(7-12(9)14)20-15(17)18/h1-7H,8H2,(H,17,18). The van der Waals surface area contributed by atoms with Crippen LogP contribution in [-0.2, 0) is 6.61 Å². The molecule has 0 aromatic heterocycles. The maximum Gasteiger partial charge on any atom is 0.511 e. The van der Waals surface area contributed by atoms with Crippen molar-refractivity contribution in [1.82, 2.24) is 0 Å². The summed E-state index contributed by atoms with van der Waals surface area (Å²) in [4.78, 5) is 23.0. The lowest BCUT2D eigenvalue weighted by Crippen LogP contribution is -2.07. The summed E-state index contributed by atoms with van der Waals surface area (Å²) in [6.45, 7) is 0.255. The number of para-hydroxylation sites is 1. The highest BCUT2D eigenvalue weighted by molar-refractivity contribution is 6.12. The van der Waals surface area contributed by atoms with E-state index in [9.17, 15) is 9.59 Å². The number of hydrogen-bond donors (Lipinski definition) is 1. The molecule has 0 spiro atoms. The van der Waals surface area contributed by atoms with Crippen molar-refractivity contribution in [2.75, 3.05) is 0 Å². The first-order valence-electron chi connectivity index (χ1n) is 5.95. The average molecular weight is 270 g/mol. The van der Waals surface area contributed by atoms with Crippen LogP contribution in [0.25, 0.3) is 0 Å². The predicted octanol–water partition coefficient (Wildman–Crippen LogP) is 2.87. The van der Waals surface area contributed by atoms with Crippen LogP contribution in [0.5, 0.6) is 11.5 Å². The number of carbonyl (C=O) groups is 2. The summed E-state index contributed by atoms with van der Waals surface area (Å²) < 4.78 is 10.2. The normalized spacial score (nSPS) is 12.7. The lowest BCUT2D eigenvalue weighted by atomic mass is 9.99. The van der Waals surface area contributed by atoms with Crippen molar-refractivity contribution in [2.45, 2.75) is 6.61 Å². The monoisotopic (exact) mass is 270 g/mol. The van der Waals surface area contributed by atoms with E-state index in [4.69, 9.17) is 9.84 Å². The lowest BCUT2D eigenvalue weighted by molar-refractivity contribution is 0.103. The van der Waals surface area contributed by atoms with Gasteiger partial charge in [-0.3, -0.25) is 4.79 Å². The third kappa shape index (κ3) is 2.09. The second-order valence-corrected chi connectivity index (χ2v) is 4.30. The molecule has 0 radical (unpaired) electrons. The minimum atomic E-state index is -1.41. The number of ketones is 1. The Morgan fingerprint density at radius 3 is 2.75 bits per heavy atom. The third-order valence-electron chi connectivity index (χ3n) is 3.05. The molecule has 20 heavy (non-hydrogen) atoms. The number of fused-ring (bicyclic) bond motifs is 2. The molecule has 5 nitrogen and oxygen atoms in total. The van der Waals surface area contributed by atoms with E-state index in [1.54, 1.807) is 30.3 Å². The topological polar surface area (TPSA) is 72.8 Å². The van der Waals surface area contributed by atoms with Crippen LogP contribution >= 0.6 is 0 Å². The van der Waals surface area contributed by atoms with Gasteiger partial charge in [-0.15, -0.1) is 0 Å². The fraction of sp³-hybridized carbons (Fsp3) is 0.0667. The summed E-state index contributed by atoms with van der Waals surface area (Å²) in [5.74, 6) is 0.433. The molecular weight excluding hydrogens is 260 g/mol. The summed E-state index contributed by atoms with van der Waals surface area (Å²) in [5, 5.41) is 8.62. The van der Waals surface area contributed by atoms with E-state index < -0.39 is 6.16 Å². The summed E-state index contributed by atoms with van der Waals surface area (Å²) in [6.07, 6.45) is -1.41. The van der Waals surface area contributed by atoms with E-state index in [0.717, 1.165) is 0 Å². The molecule has 0 amide bonds. The zero-order valence-electron chi connectivity index (χ0n) is 10.3. The Labute approximate surface area is 114 Å². The van der Waals surface area contributed by atoms with E-state index >= 15 is 0 Å². The van der Waals surface area contributed by atoms with Gasteiger partial charge in [-0.05, 0) is 24.3 Å². The Morgan fingerprint density at radius 1 is 1.15 bits per heavy atom. The molecule has 0 bridgehead atoms. The van der Waals surface area contributed by atoms with Crippen LogP contribution in [0.15, 0.2) is 42.5 Å². The molecule has 3 rings (SSSR count). The van der Waals surface area contributed by atoms with Crippen LogP contribution in [0, 0.1) is 0 Å². The molecule has 0 saturated heterocycles. The number of carboxylic acid groups (broad SMARTS) is 1. The Balaban J connectivity index is 2.08. The molecule has 0 atom stereocenters. The van der Waals surface area contributed by atoms with Gasteiger partial charge in [-0.2, -0.15) is 0 Å². The summed E-state index contributed by atoms with van der Waals surface area (Å²) in [5.41, 5.74) is 1.55. The number of ether oxygens (including phenoxy) is 2. The fourth-order valence-corrected chi connectivity index (χ4v) is 2.14. The van der Waals surface area contributed by atoms with Gasteiger partial charge in [0, 0.05) is 11.1 Å². The van der Waals surface area contributed by atoms with Crippen molar-refractivity contribution in [3.63, 3.8) is 0 Å². The molecular formula is C15H10O5. The molecule has 2 aromatic rings. The van der Waals surface area contributed by atoms with Crippen molar-refractivity contribution in [3.05, 3.63) is 59.2 Å². The number of benzene rings is 2. The molecule has 1 aliphatic heterocycles. The van der Waals surface area contributed by atoms with Gasteiger partial charge < -0.3 is 14.6 Å². The van der Waals surface area contributed by atoms with Gasteiger partial charge in [0.1, 0.15) is 18.1 Å². The van der Waals surface area contributed by atoms with Crippen molar-refractivity contribution >= 4 is 11.9 Å². The Hall–Kier alpha value is -2.82. The molecule has 2 aromatic carbocycles. The minimum absolute atomic E-state index is 0.115. The van der Waals surface area contributed by atoms with Gasteiger partial charge in [-0.25, -0.2) is 4.79 Å². The van der Waals surface area contributed by atoms with Crippen molar-refractivity contribution in [2.24, 2.45) is 0 Å². The molecule has 1 heterocycles. The van der Waals surface area contributed by atoms with Crippen LogP contribution < -0.4 is 9.47 Å². The van der Waals surface area contributed by atoms with E-state index in [0.29, 0.717) is 22.4 Å². The fourth-order valence-electron chi connectivity index (χ4n) is 2.14.